The number of hydrogen-bond acceptors (Lipinski definition) is 0. The van der Waals surface area contributed by atoms with Gasteiger partial charge in [0.1, 0.15) is 0 Å². The van der Waals surface area contributed by atoms with Gasteiger partial charge in [-0.3, -0.25) is 0 Å². The van der Waals surface area contributed by atoms with Gasteiger partial charge in [0.15, 0.2) is 0 Å². The van der Waals surface area contributed by atoms with Crippen molar-refractivity contribution in [1.82, 2.24) is 0 Å². The zero-order valence-electron chi connectivity index (χ0n) is 13.6. The first-order valence-corrected chi connectivity index (χ1v) is 8.37. The third-order valence-electron chi connectivity index (χ3n) is 5.92. The van der Waals surface area contributed by atoms with Crippen LogP contribution in [0.5, 0.6) is 0 Å². The summed E-state index contributed by atoms with van der Waals surface area (Å²) in [6.07, 6.45) is 9.75. The molecule has 0 spiro atoms. The Balaban J connectivity index is 2.09. The van der Waals surface area contributed by atoms with Gasteiger partial charge in [0.05, 0.1) is 0 Å². The number of benzene rings is 1. The van der Waals surface area contributed by atoms with E-state index in [9.17, 15) is 0 Å². The zero-order valence-corrected chi connectivity index (χ0v) is 13.6. The Bertz CT molecular complexity index is 556. The summed E-state index contributed by atoms with van der Waals surface area (Å²) < 4.78 is 0. The zero-order chi connectivity index (χ0) is 14.3. The van der Waals surface area contributed by atoms with Crippen LogP contribution in [0.2, 0.25) is 0 Å². The molecule has 1 atom stereocenters. The molecule has 0 saturated heterocycles. The molecule has 0 radical (unpaired) electrons. The average molecular weight is 268 g/mol. The number of rotatable bonds is 1. The molecular formula is C20H28. The average Bonchev–Trinajstić information content (AvgIpc) is 2.48. The molecule has 1 aromatic carbocycles. The van der Waals surface area contributed by atoms with Crippen LogP contribution in [-0.2, 0) is 0 Å². The molecule has 0 bridgehead atoms. The van der Waals surface area contributed by atoms with E-state index in [0.29, 0.717) is 0 Å². The molecule has 0 N–H and O–H groups in total. The van der Waals surface area contributed by atoms with Gasteiger partial charge in [0.25, 0.3) is 0 Å². The van der Waals surface area contributed by atoms with Crippen molar-refractivity contribution in [1.29, 1.82) is 0 Å². The van der Waals surface area contributed by atoms with Gasteiger partial charge in [-0.1, -0.05) is 17.2 Å². The number of aryl methyl sites for hydroxylation is 1. The minimum absolute atomic E-state index is 0.733. The lowest BCUT2D eigenvalue weighted by Crippen LogP contribution is -2.16. The van der Waals surface area contributed by atoms with Crippen molar-refractivity contribution in [2.75, 3.05) is 0 Å². The van der Waals surface area contributed by atoms with Gasteiger partial charge in [0.2, 0.25) is 0 Å². The van der Waals surface area contributed by atoms with Gasteiger partial charge >= 0.3 is 0 Å². The summed E-state index contributed by atoms with van der Waals surface area (Å²) in [5.74, 6) is 0.733. The number of hydrogen-bond donors (Lipinski definition) is 0. The van der Waals surface area contributed by atoms with Crippen LogP contribution in [0.1, 0.15) is 78.7 Å². The number of allylic oxidation sites excluding steroid dienone is 2. The van der Waals surface area contributed by atoms with Crippen LogP contribution in [0, 0.1) is 27.7 Å². The lowest BCUT2D eigenvalue weighted by Gasteiger charge is -2.34. The normalized spacial score (nSPS) is 22.9. The Kier molecular flexibility index (Phi) is 3.75. The summed E-state index contributed by atoms with van der Waals surface area (Å²) in [6.45, 7) is 9.20. The summed E-state index contributed by atoms with van der Waals surface area (Å²) in [5.41, 5.74) is 11.3. The van der Waals surface area contributed by atoms with Gasteiger partial charge in [0, 0.05) is 5.92 Å². The molecule has 20 heavy (non-hydrogen) atoms. The molecule has 0 nitrogen and oxygen atoms in total. The highest BCUT2D eigenvalue weighted by Crippen LogP contribution is 2.45. The van der Waals surface area contributed by atoms with Crippen LogP contribution in [0.4, 0.5) is 0 Å². The van der Waals surface area contributed by atoms with Crippen molar-refractivity contribution in [2.24, 2.45) is 0 Å². The van der Waals surface area contributed by atoms with Crippen LogP contribution in [0.3, 0.4) is 0 Å². The van der Waals surface area contributed by atoms with Crippen molar-refractivity contribution in [2.45, 2.75) is 78.6 Å². The maximum atomic E-state index is 2.49. The molecule has 0 fully saturated rings. The first-order valence-electron chi connectivity index (χ1n) is 8.37. The van der Waals surface area contributed by atoms with E-state index < -0.39 is 0 Å². The maximum absolute atomic E-state index is 2.49. The fourth-order valence-electron chi connectivity index (χ4n) is 4.34. The molecule has 1 aromatic rings. The van der Waals surface area contributed by atoms with Crippen molar-refractivity contribution in [3.05, 3.63) is 45.0 Å². The fraction of sp³-hybridized carbons (Fsp3) is 0.600. The van der Waals surface area contributed by atoms with Crippen molar-refractivity contribution in [3.63, 3.8) is 0 Å². The molecule has 0 saturated carbocycles. The van der Waals surface area contributed by atoms with E-state index in [-0.39, 0.29) is 0 Å². The second-order valence-corrected chi connectivity index (χ2v) is 6.94. The maximum Gasteiger partial charge on any atom is 0.00537 e. The van der Waals surface area contributed by atoms with Crippen molar-refractivity contribution in [3.8, 4) is 0 Å². The van der Waals surface area contributed by atoms with E-state index in [2.05, 4.69) is 33.8 Å². The molecule has 0 aliphatic heterocycles. The topological polar surface area (TPSA) is 0 Å². The second-order valence-electron chi connectivity index (χ2n) is 6.94. The van der Waals surface area contributed by atoms with E-state index in [1.165, 1.54) is 61.6 Å². The van der Waals surface area contributed by atoms with Gasteiger partial charge < -0.3 is 0 Å². The van der Waals surface area contributed by atoms with Gasteiger partial charge in [-0.2, -0.15) is 0 Å². The van der Waals surface area contributed by atoms with Crippen LogP contribution in [-0.4, -0.2) is 0 Å². The molecule has 0 aromatic heterocycles. The lowest BCUT2D eigenvalue weighted by atomic mass is 9.71. The highest BCUT2D eigenvalue weighted by atomic mass is 14.3. The summed E-state index contributed by atoms with van der Waals surface area (Å²) >= 11 is 0. The highest BCUT2D eigenvalue weighted by Gasteiger charge is 2.27. The standard InChI is InChI=1S/C20H28/c1-13-12-20(16(4)15(3)14(13)2)19-11-7-9-17-8-5-6-10-18(17)19/h12,19H,5-11H2,1-4H3. The second kappa shape index (κ2) is 5.39. The minimum Gasteiger partial charge on any atom is -0.0704 e. The van der Waals surface area contributed by atoms with Gasteiger partial charge in [-0.15, -0.1) is 0 Å². The van der Waals surface area contributed by atoms with E-state index in [4.69, 9.17) is 0 Å². The predicted octanol–water partition coefficient (Wildman–Crippen LogP) is 6.06. The molecular weight excluding hydrogens is 240 g/mol. The summed E-state index contributed by atoms with van der Waals surface area (Å²) in [6, 6.07) is 2.49. The van der Waals surface area contributed by atoms with Gasteiger partial charge in [-0.05, 0) is 100 Å². The van der Waals surface area contributed by atoms with Crippen LogP contribution < -0.4 is 0 Å². The molecule has 0 heterocycles. The fourth-order valence-corrected chi connectivity index (χ4v) is 4.34. The summed E-state index contributed by atoms with van der Waals surface area (Å²) in [5, 5.41) is 0. The minimum atomic E-state index is 0.733. The van der Waals surface area contributed by atoms with Crippen molar-refractivity contribution >= 4 is 0 Å². The van der Waals surface area contributed by atoms with E-state index in [1.807, 2.05) is 11.1 Å². The molecule has 2 aliphatic carbocycles. The first kappa shape index (κ1) is 13.9. The predicted molar refractivity (Wildman–Crippen MR) is 87.5 cm³/mol. The van der Waals surface area contributed by atoms with E-state index in [1.54, 1.807) is 11.1 Å². The first-order chi connectivity index (χ1) is 9.59. The molecule has 0 amide bonds. The molecule has 3 rings (SSSR count). The van der Waals surface area contributed by atoms with E-state index in [0.717, 1.165) is 5.92 Å². The Hall–Kier alpha value is -1.04. The summed E-state index contributed by atoms with van der Waals surface area (Å²) in [7, 11) is 0. The van der Waals surface area contributed by atoms with Crippen LogP contribution >= 0.6 is 0 Å². The monoisotopic (exact) mass is 268 g/mol. The molecule has 0 heteroatoms. The Morgan fingerprint density at radius 3 is 2.30 bits per heavy atom. The quantitative estimate of drug-likeness (QED) is 0.543. The Labute approximate surface area is 124 Å². The smallest absolute Gasteiger partial charge is 0.00537 e. The third-order valence-corrected chi connectivity index (χ3v) is 5.92. The third kappa shape index (κ3) is 2.24. The van der Waals surface area contributed by atoms with Crippen molar-refractivity contribution < 1.29 is 0 Å². The lowest BCUT2D eigenvalue weighted by molar-refractivity contribution is 0.515. The highest BCUT2D eigenvalue weighted by molar-refractivity contribution is 5.48. The van der Waals surface area contributed by atoms with Crippen LogP contribution in [0.25, 0.3) is 0 Å². The SMILES string of the molecule is Cc1cc(C2CCCC3=C2CCCC3)c(C)c(C)c1C. The molecule has 108 valence electrons. The van der Waals surface area contributed by atoms with Crippen LogP contribution in [0.15, 0.2) is 17.2 Å². The molecule has 2 aliphatic rings. The Morgan fingerprint density at radius 1 is 0.800 bits per heavy atom. The van der Waals surface area contributed by atoms with Gasteiger partial charge in [-0.25, -0.2) is 0 Å². The van der Waals surface area contributed by atoms with E-state index >= 15 is 0 Å². The largest absolute Gasteiger partial charge is 0.0704 e. The summed E-state index contributed by atoms with van der Waals surface area (Å²) in [4.78, 5) is 0. The Morgan fingerprint density at radius 2 is 1.50 bits per heavy atom. The molecule has 1 unspecified atom stereocenters.